The fraction of sp³-hybridized carbons (Fsp3) is 0.688. The second-order valence-electron chi connectivity index (χ2n) is 5.29. The van der Waals surface area contributed by atoms with Crippen LogP contribution < -0.4 is 4.90 Å². The van der Waals surface area contributed by atoms with Gasteiger partial charge in [-0.15, -0.1) is 0 Å². The number of amides is 1. The van der Waals surface area contributed by atoms with Gasteiger partial charge in [0.25, 0.3) is 0 Å². The van der Waals surface area contributed by atoms with Crippen LogP contribution in [0.2, 0.25) is 0 Å². The molecule has 0 spiro atoms. The van der Waals surface area contributed by atoms with E-state index in [2.05, 4.69) is 30.7 Å². The van der Waals surface area contributed by atoms with Crippen LogP contribution in [0, 0.1) is 0 Å². The van der Waals surface area contributed by atoms with Gasteiger partial charge in [-0.3, -0.25) is 9.69 Å². The molecule has 4 nitrogen and oxygen atoms in total. The molecule has 1 unspecified atom stereocenters. The number of rotatable bonds is 8. The third kappa shape index (κ3) is 4.58. The van der Waals surface area contributed by atoms with Crippen LogP contribution in [0.15, 0.2) is 12.4 Å². The molecule has 1 atom stereocenters. The van der Waals surface area contributed by atoms with Crippen LogP contribution in [0.4, 0.5) is 5.95 Å². The molecule has 0 aliphatic rings. The van der Waals surface area contributed by atoms with Crippen LogP contribution in [-0.4, -0.2) is 21.9 Å². The number of carbonyl (C=O) groups is 1. The molecule has 0 saturated carbocycles. The average Bonchev–Trinajstić information content (AvgIpc) is 2.42. The zero-order valence-corrected chi connectivity index (χ0v) is 13.2. The summed E-state index contributed by atoms with van der Waals surface area (Å²) in [7, 11) is 0. The molecule has 0 fully saturated rings. The van der Waals surface area contributed by atoms with Crippen molar-refractivity contribution < 1.29 is 4.79 Å². The van der Waals surface area contributed by atoms with Gasteiger partial charge in [0.05, 0.1) is 0 Å². The molecule has 0 bridgehead atoms. The zero-order valence-electron chi connectivity index (χ0n) is 13.2. The lowest BCUT2D eigenvalue weighted by atomic mass is 10.1. The van der Waals surface area contributed by atoms with E-state index < -0.39 is 0 Å². The number of hydrogen-bond acceptors (Lipinski definition) is 3. The molecule has 1 amide bonds. The molecular weight excluding hydrogens is 250 g/mol. The fourth-order valence-electron chi connectivity index (χ4n) is 2.33. The molecule has 0 aliphatic heterocycles. The van der Waals surface area contributed by atoms with Crippen LogP contribution in [-0.2, 0) is 11.2 Å². The number of aryl methyl sites for hydroxylation is 1. The van der Waals surface area contributed by atoms with E-state index >= 15 is 0 Å². The van der Waals surface area contributed by atoms with Gasteiger partial charge >= 0.3 is 0 Å². The van der Waals surface area contributed by atoms with Crippen molar-refractivity contribution in [1.29, 1.82) is 0 Å². The molecule has 4 heteroatoms. The predicted octanol–water partition coefficient (Wildman–Crippen LogP) is 3.75. The summed E-state index contributed by atoms with van der Waals surface area (Å²) in [6, 6.07) is 0.149. The van der Waals surface area contributed by atoms with Crippen molar-refractivity contribution >= 4 is 11.9 Å². The van der Waals surface area contributed by atoms with Gasteiger partial charge in [-0.2, -0.15) is 0 Å². The molecule has 1 rings (SSSR count). The topological polar surface area (TPSA) is 46.1 Å². The minimum Gasteiger partial charge on any atom is -0.278 e. The van der Waals surface area contributed by atoms with Crippen molar-refractivity contribution in [2.24, 2.45) is 0 Å². The fourth-order valence-corrected chi connectivity index (χ4v) is 2.33. The lowest BCUT2D eigenvalue weighted by molar-refractivity contribution is -0.119. The number of anilines is 1. The summed E-state index contributed by atoms with van der Waals surface area (Å²) in [5, 5.41) is 0. The van der Waals surface area contributed by atoms with E-state index in [0.29, 0.717) is 12.4 Å². The molecule has 0 saturated heterocycles. The summed E-state index contributed by atoms with van der Waals surface area (Å²) in [5.41, 5.74) is 1.13. The Morgan fingerprint density at radius 2 is 1.80 bits per heavy atom. The van der Waals surface area contributed by atoms with Crippen LogP contribution in [0.5, 0.6) is 0 Å². The van der Waals surface area contributed by atoms with Gasteiger partial charge in [0.1, 0.15) is 0 Å². The largest absolute Gasteiger partial charge is 0.278 e. The number of aromatic nitrogens is 2. The Kier molecular flexibility index (Phi) is 7.20. The highest BCUT2D eigenvalue weighted by atomic mass is 16.2. The molecule has 20 heavy (non-hydrogen) atoms. The molecule has 0 radical (unpaired) electrons. The SMILES string of the molecule is CCCC(=O)N(c1ncc(CCC)cn1)C(C)CCC. The zero-order chi connectivity index (χ0) is 15.0. The van der Waals surface area contributed by atoms with E-state index in [4.69, 9.17) is 0 Å². The Bertz CT molecular complexity index is 403. The Morgan fingerprint density at radius 1 is 1.15 bits per heavy atom. The smallest absolute Gasteiger partial charge is 0.232 e. The molecule has 1 aromatic heterocycles. The van der Waals surface area contributed by atoms with Gasteiger partial charge in [-0.25, -0.2) is 9.97 Å². The molecular formula is C16H27N3O. The van der Waals surface area contributed by atoms with Crippen molar-refractivity contribution in [3.63, 3.8) is 0 Å². The van der Waals surface area contributed by atoms with Crippen LogP contribution in [0.1, 0.15) is 65.4 Å². The molecule has 0 N–H and O–H groups in total. The van der Waals surface area contributed by atoms with Gasteiger partial charge in [-0.1, -0.05) is 33.6 Å². The van der Waals surface area contributed by atoms with Gasteiger partial charge in [0.2, 0.25) is 11.9 Å². The first-order chi connectivity index (χ1) is 9.63. The summed E-state index contributed by atoms with van der Waals surface area (Å²) >= 11 is 0. The Labute approximate surface area is 122 Å². The first kappa shape index (κ1) is 16.6. The minimum atomic E-state index is 0.122. The summed E-state index contributed by atoms with van der Waals surface area (Å²) < 4.78 is 0. The third-order valence-corrected chi connectivity index (χ3v) is 3.33. The highest BCUT2D eigenvalue weighted by Crippen LogP contribution is 2.17. The summed E-state index contributed by atoms with van der Waals surface area (Å²) in [4.78, 5) is 22.9. The molecule has 0 aliphatic carbocycles. The first-order valence-corrected chi connectivity index (χ1v) is 7.76. The minimum absolute atomic E-state index is 0.122. The molecule has 1 aromatic rings. The van der Waals surface area contributed by atoms with Crippen LogP contribution in [0.3, 0.4) is 0 Å². The second-order valence-corrected chi connectivity index (χ2v) is 5.29. The molecule has 112 valence electrons. The maximum Gasteiger partial charge on any atom is 0.232 e. The van der Waals surface area contributed by atoms with Crippen LogP contribution >= 0.6 is 0 Å². The van der Waals surface area contributed by atoms with E-state index in [1.165, 1.54) is 0 Å². The quantitative estimate of drug-likeness (QED) is 0.727. The maximum absolute atomic E-state index is 12.3. The summed E-state index contributed by atoms with van der Waals surface area (Å²) in [6.45, 7) is 8.35. The number of nitrogens with zero attached hydrogens (tertiary/aromatic N) is 3. The van der Waals surface area contributed by atoms with E-state index in [1.807, 2.05) is 19.3 Å². The highest BCUT2D eigenvalue weighted by Gasteiger charge is 2.22. The molecule has 1 heterocycles. The predicted molar refractivity (Wildman–Crippen MR) is 82.8 cm³/mol. The second kappa shape index (κ2) is 8.67. The lowest BCUT2D eigenvalue weighted by Gasteiger charge is -2.27. The van der Waals surface area contributed by atoms with E-state index in [-0.39, 0.29) is 11.9 Å². The highest BCUT2D eigenvalue weighted by molar-refractivity contribution is 5.92. The standard InChI is InChI=1S/C16H27N3O/c1-5-8-13(4)19(15(20)10-7-3)16-17-11-14(9-6-2)12-18-16/h11-13H,5-10H2,1-4H3. The monoisotopic (exact) mass is 277 g/mol. The average molecular weight is 277 g/mol. The van der Waals surface area contributed by atoms with Crippen LogP contribution in [0.25, 0.3) is 0 Å². The van der Waals surface area contributed by atoms with Gasteiger partial charge < -0.3 is 0 Å². The lowest BCUT2D eigenvalue weighted by Crippen LogP contribution is -2.39. The summed E-state index contributed by atoms with van der Waals surface area (Å²) in [5.74, 6) is 0.668. The van der Waals surface area contributed by atoms with Gasteiger partial charge in [0, 0.05) is 24.9 Å². The van der Waals surface area contributed by atoms with Crippen molar-refractivity contribution in [3.8, 4) is 0 Å². The van der Waals surface area contributed by atoms with Crippen molar-refractivity contribution in [1.82, 2.24) is 9.97 Å². The Balaban J connectivity index is 2.93. The van der Waals surface area contributed by atoms with E-state index in [0.717, 1.165) is 37.7 Å². The summed E-state index contributed by atoms with van der Waals surface area (Å²) in [6.07, 6.45) is 9.16. The Morgan fingerprint density at radius 3 is 2.30 bits per heavy atom. The normalized spacial score (nSPS) is 12.2. The van der Waals surface area contributed by atoms with Gasteiger partial charge in [-0.05, 0) is 31.7 Å². The maximum atomic E-state index is 12.3. The van der Waals surface area contributed by atoms with Gasteiger partial charge in [0.15, 0.2) is 0 Å². The van der Waals surface area contributed by atoms with Crippen molar-refractivity contribution in [2.75, 3.05) is 4.90 Å². The van der Waals surface area contributed by atoms with E-state index in [9.17, 15) is 4.79 Å². The van der Waals surface area contributed by atoms with Crippen molar-refractivity contribution in [2.45, 2.75) is 72.3 Å². The number of hydrogen-bond donors (Lipinski definition) is 0. The van der Waals surface area contributed by atoms with E-state index in [1.54, 1.807) is 4.90 Å². The Hall–Kier alpha value is -1.45. The molecule has 0 aromatic carbocycles. The third-order valence-electron chi connectivity index (χ3n) is 3.33. The van der Waals surface area contributed by atoms with Crippen molar-refractivity contribution in [3.05, 3.63) is 18.0 Å². The number of carbonyl (C=O) groups excluding carboxylic acids is 1. The first-order valence-electron chi connectivity index (χ1n) is 7.76.